The number of anilines is 1. The van der Waals surface area contributed by atoms with Crippen molar-refractivity contribution < 1.29 is 25.6 Å². The fourth-order valence-electron chi connectivity index (χ4n) is 4.14. The van der Waals surface area contributed by atoms with Crippen molar-refractivity contribution in [2.24, 2.45) is 0 Å². The quantitative estimate of drug-likeness (QED) is 0.514. The zero-order chi connectivity index (χ0) is 25.0. The summed E-state index contributed by atoms with van der Waals surface area (Å²) in [6, 6.07) is 9.77. The number of pyridine rings is 1. The molecule has 0 unspecified atom stereocenters. The molecule has 1 aromatic carbocycles. The molecule has 2 aromatic heterocycles. The first kappa shape index (κ1) is 24.5. The van der Waals surface area contributed by atoms with E-state index >= 15 is 0 Å². The second-order valence-electron chi connectivity index (χ2n) is 8.39. The third kappa shape index (κ3) is 5.91. The number of nitrogens with one attached hydrogen (secondary N) is 2. The smallest absolute Gasteiger partial charge is 0.410 e. The summed E-state index contributed by atoms with van der Waals surface area (Å²) < 4.78 is 43.7. The number of nitrogens with zero attached hydrogens (tertiary/aromatic N) is 4. The largest absolute Gasteiger partial charge is 0.417 e. The van der Waals surface area contributed by atoms with Gasteiger partial charge in [-0.2, -0.15) is 18.3 Å². The molecule has 0 saturated carbocycles. The molecule has 3 heterocycles. The fraction of sp³-hybridized carbons (Fsp3) is 0.375. The summed E-state index contributed by atoms with van der Waals surface area (Å²) in [5, 5.41) is 9.84. The van der Waals surface area contributed by atoms with Gasteiger partial charge in [0.15, 0.2) is 0 Å². The molecule has 1 amide bonds. The van der Waals surface area contributed by atoms with Crippen molar-refractivity contribution >= 4 is 11.9 Å². The molecule has 1 atom stereocenters. The maximum Gasteiger partial charge on any atom is 0.417 e. The van der Waals surface area contributed by atoms with Crippen LogP contribution in [0.4, 0.5) is 23.8 Å². The van der Waals surface area contributed by atoms with Gasteiger partial charge in [-0.05, 0) is 50.2 Å². The van der Waals surface area contributed by atoms with Crippen molar-refractivity contribution in [3.8, 4) is 17.0 Å². The highest BCUT2D eigenvalue weighted by atomic mass is 19.4. The lowest BCUT2D eigenvalue weighted by Crippen LogP contribution is -2.51. The number of ether oxygens (including phenoxy) is 1. The van der Waals surface area contributed by atoms with Crippen LogP contribution in [0.25, 0.3) is 11.3 Å². The number of carbonyl (C=O) groups is 1. The Balaban J connectivity index is 0.00000241. The van der Waals surface area contributed by atoms with Gasteiger partial charge in [-0.15, -0.1) is 0 Å². The standard InChI is InChI=1S/C24H27F3N6O2.2H2/c1-3-28-23(34)35-20-7-4-17(5-8-20)22-18(12-30-31-22)15-32-10-11-33(16(2)14-32)21-9-6-19(13-29-21)24(25,26)27;;/h4-9,12-13,16H,3,10-11,14-15H2,1-2H3,(H,28,34)(H,30,31);2*1H/t16-;;/m1../s1. The number of piperazine rings is 1. The Hall–Kier alpha value is -3.60. The molecule has 0 spiro atoms. The van der Waals surface area contributed by atoms with Gasteiger partial charge in [-0.1, -0.05) is 0 Å². The first-order valence-electron chi connectivity index (χ1n) is 11.3. The van der Waals surface area contributed by atoms with E-state index in [4.69, 9.17) is 4.74 Å². The summed E-state index contributed by atoms with van der Waals surface area (Å²) in [7, 11) is 0. The number of carbonyl (C=O) groups excluding carboxylic acids is 1. The van der Waals surface area contributed by atoms with E-state index in [9.17, 15) is 18.0 Å². The zero-order valence-corrected chi connectivity index (χ0v) is 19.5. The summed E-state index contributed by atoms with van der Waals surface area (Å²) in [6.45, 7) is 7.12. The average molecular weight is 493 g/mol. The number of alkyl halides is 3. The van der Waals surface area contributed by atoms with E-state index in [0.29, 0.717) is 31.2 Å². The molecule has 4 rings (SSSR count). The Kier molecular flexibility index (Phi) is 7.25. The molecule has 0 radical (unpaired) electrons. The van der Waals surface area contributed by atoms with Gasteiger partial charge >= 0.3 is 12.3 Å². The molecule has 1 aliphatic rings. The highest BCUT2D eigenvalue weighted by Crippen LogP contribution is 2.30. The van der Waals surface area contributed by atoms with Crippen LogP contribution in [0.3, 0.4) is 0 Å². The fourth-order valence-corrected chi connectivity index (χ4v) is 4.14. The Morgan fingerprint density at radius 3 is 2.60 bits per heavy atom. The highest BCUT2D eigenvalue weighted by molar-refractivity contribution is 5.71. The summed E-state index contributed by atoms with van der Waals surface area (Å²) in [4.78, 5) is 19.9. The number of amides is 1. The van der Waals surface area contributed by atoms with Crippen molar-refractivity contribution in [3.05, 3.63) is 59.9 Å². The van der Waals surface area contributed by atoms with Gasteiger partial charge in [-0.25, -0.2) is 9.78 Å². The van der Waals surface area contributed by atoms with Crippen LogP contribution in [0.2, 0.25) is 0 Å². The van der Waals surface area contributed by atoms with Crippen molar-refractivity contribution in [2.75, 3.05) is 31.1 Å². The van der Waals surface area contributed by atoms with Crippen LogP contribution >= 0.6 is 0 Å². The highest BCUT2D eigenvalue weighted by Gasteiger charge is 2.32. The number of hydrogen-bond donors (Lipinski definition) is 2. The average Bonchev–Trinajstić information content (AvgIpc) is 3.27. The summed E-state index contributed by atoms with van der Waals surface area (Å²) >= 11 is 0. The molecule has 35 heavy (non-hydrogen) atoms. The lowest BCUT2D eigenvalue weighted by Gasteiger charge is -2.40. The van der Waals surface area contributed by atoms with Gasteiger partial charge in [0.25, 0.3) is 0 Å². The van der Waals surface area contributed by atoms with Gasteiger partial charge in [0.2, 0.25) is 0 Å². The Morgan fingerprint density at radius 1 is 1.20 bits per heavy atom. The molecule has 3 aromatic rings. The predicted octanol–water partition coefficient (Wildman–Crippen LogP) is 4.80. The van der Waals surface area contributed by atoms with Crippen LogP contribution in [0.15, 0.2) is 48.8 Å². The monoisotopic (exact) mass is 492 g/mol. The Labute approximate surface area is 204 Å². The summed E-state index contributed by atoms with van der Waals surface area (Å²) in [6.07, 6.45) is -2.21. The van der Waals surface area contributed by atoms with Crippen LogP contribution < -0.4 is 15.0 Å². The maximum atomic E-state index is 12.8. The van der Waals surface area contributed by atoms with Crippen molar-refractivity contribution in [1.29, 1.82) is 0 Å². The molecule has 11 heteroatoms. The molecule has 190 valence electrons. The second-order valence-corrected chi connectivity index (χ2v) is 8.39. The molecule has 0 aliphatic carbocycles. The lowest BCUT2D eigenvalue weighted by molar-refractivity contribution is -0.137. The van der Waals surface area contributed by atoms with E-state index in [1.54, 1.807) is 18.3 Å². The van der Waals surface area contributed by atoms with E-state index in [0.717, 1.165) is 42.2 Å². The van der Waals surface area contributed by atoms with E-state index in [-0.39, 0.29) is 8.90 Å². The van der Waals surface area contributed by atoms with Crippen molar-refractivity contribution in [2.45, 2.75) is 32.6 Å². The van der Waals surface area contributed by atoms with E-state index in [1.165, 1.54) is 6.07 Å². The number of aromatic amines is 1. The van der Waals surface area contributed by atoms with Gasteiger partial charge in [0.1, 0.15) is 11.6 Å². The van der Waals surface area contributed by atoms with Crippen LogP contribution in [0.5, 0.6) is 5.75 Å². The minimum Gasteiger partial charge on any atom is -0.410 e. The normalized spacial score (nSPS) is 16.8. The number of aromatic nitrogens is 3. The van der Waals surface area contributed by atoms with Crippen molar-refractivity contribution in [1.82, 2.24) is 25.4 Å². The number of benzene rings is 1. The number of hydrogen-bond acceptors (Lipinski definition) is 6. The van der Waals surface area contributed by atoms with Gasteiger partial charge in [0.05, 0.1) is 17.5 Å². The third-order valence-electron chi connectivity index (χ3n) is 5.87. The third-order valence-corrected chi connectivity index (χ3v) is 5.87. The SMILES string of the molecule is CCNC(=O)Oc1ccc(-c2[nH]ncc2CN2CCN(c3ccc(C(F)(F)F)cn3)[C@H](C)C2)cc1.[HH].[HH]. The van der Waals surface area contributed by atoms with E-state index in [2.05, 4.69) is 25.4 Å². The topological polar surface area (TPSA) is 86.4 Å². The Morgan fingerprint density at radius 2 is 1.97 bits per heavy atom. The Bertz CT molecular complexity index is 1140. The van der Waals surface area contributed by atoms with Gasteiger partial charge < -0.3 is 15.0 Å². The predicted molar refractivity (Wildman–Crippen MR) is 129 cm³/mol. The van der Waals surface area contributed by atoms with Crippen LogP contribution in [-0.4, -0.2) is 58.4 Å². The van der Waals surface area contributed by atoms with E-state index in [1.807, 2.05) is 30.9 Å². The second kappa shape index (κ2) is 10.3. The number of rotatable bonds is 6. The van der Waals surface area contributed by atoms with Crippen LogP contribution in [0.1, 0.15) is 27.8 Å². The minimum absolute atomic E-state index is 0. The van der Waals surface area contributed by atoms with Gasteiger partial charge in [0, 0.05) is 58.9 Å². The summed E-state index contributed by atoms with van der Waals surface area (Å²) in [5.41, 5.74) is 2.08. The molecule has 8 nitrogen and oxygen atoms in total. The number of H-pyrrole nitrogens is 1. The molecular weight excluding hydrogens is 461 g/mol. The summed E-state index contributed by atoms with van der Waals surface area (Å²) in [5.74, 6) is 0.992. The molecule has 1 fully saturated rings. The number of halogens is 3. The van der Waals surface area contributed by atoms with Gasteiger partial charge in [-0.3, -0.25) is 10.00 Å². The molecule has 2 N–H and O–H groups in total. The van der Waals surface area contributed by atoms with Crippen LogP contribution in [-0.2, 0) is 12.7 Å². The first-order chi connectivity index (χ1) is 16.7. The molecule has 1 saturated heterocycles. The molecule has 0 bridgehead atoms. The lowest BCUT2D eigenvalue weighted by atomic mass is 10.1. The molecule has 1 aliphatic heterocycles. The van der Waals surface area contributed by atoms with Crippen LogP contribution in [0, 0.1) is 0 Å². The maximum absolute atomic E-state index is 12.8. The molecular formula is C24H31F3N6O2. The van der Waals surface area contributed by atoms with E-state index < -0.39 is 17.8 Å². The van der Waals surface area contributed by atoms with Crippen molar-refractivity contribution in [3.63, 3.8) is 0 Å². The minimum atomic E-state index is -4.39. The zero-order valence-electron chi connectivity index (χ0n) is 19.5. The first-order valence-corrected chi connectivity index (χ1v) is 11.3.